The maximum Gasteiger partial charge on any atom is 0.258 e. The average Bonchev–Trinajstić information content (AvgIpc) is 2.53. The molecule has 2 aromatic rings. The van der Waals surface area contributed by atoms with Crippen molar-refractivity contribution in [1.29, 1.82) is 0 Å². The van der Waals surface area contributed by atoms with E-state index in [2.05, 4.69) is 35.6 Å². The third-order valence-corrected chi connectivity index (χ3v) is 4.30. The molecule has 3 rings (SSSR count). The Morgan fingerprint density at radius 3 is 2.58 bits per heavy atom. The highest BCUT2D eigenvalue weighted by molar-refractivity contribution is 5.81. The Balaban J connectivity index is 1.70. The van der Waals surface area contributed by atoms with Gasteiger partial charge >= 0.3 is 0 Å². The number of rotatable bonds is 2. The van der Waals surface area contributed by atoms with Gasteiger partial charge in [0.2, 0.25) is 5.91 Å². The van der Waals surface area contributed by atoms with E-state index in [1.165, 1.54) is 6.33 Å². The minimum atomic E-state index is -0.124. The van der Waals surface area contributed by atoms with Gasteiger partial charge in [0.1, 0.15) is 0 Å². The van der Waals surface area contributed by atoms with Crippen LogP contribution < -0.4 is 10.5 Å². The van der Waals surface area contributed by atoms with Gasteiger partial charge in [-0.15, -0.1) is 0 Å². The van der Waals surface area contributed by atoms with E-state index in [1.54, 1.807) is 0 Å². The molecule has 0 aliphatic carbocycles. The summed E-state index contributed by atoms with van der Waals surface area (Å²) in [5, 5.41) is 0.598. The molecule has 128 valence electrons. The second-order valence-electron chi connectivity index (χ2n) is 7.54. The maximum atomic E-state index is 12.3. The molecule has 0 radical (unpaired) electrons. The zero-order valence-electron chi connectivity index (χ0n) is 14.5. The fourth-order valence-electron chi connectivity index (χ4n) is 3.03. The van der Waals surface area contributed by atoms with Gasteiger partial charge in [0, 0.05) is 38.3 Å². The molecule has 1 aromatic carbocycles. The number of nitrogens with one attached hydrogen (secondary N) is 1. The molecule has 1 aromatic heterocycles. The molecule has 0 unspecified atom stereocenters. The number of aromatic nitrogens is 2. The Bertz CT molecular complexity index is 799. The highest BCUT2D eigenvalue weighted by Gasteiger charge is 2.25. The fourth-order valence-corrected chi connectivity index (χ4v) is 3.03. The third-order valence-electron chi connectivity index (χ3n) is 4.30. The van der Waals surface area contributed by atoms with E-state index in [9.17, 15) is 9.59 Å². The molecule has 1 aliphatic heterocycles. The molecule has 2 heterocycles. The highest BCUT2D eigenvalue weighted by atomic mass is 16.2. The number of nitrogens with zero attached hydrogens (tertiary/aromatic N) is 3. The predicted octanol–water partition coefficient (Wildman–Crippen LogP) is 2.01. The first-order chi connectivity index (χ1) is 11.3. The first-order valence-electron chi connectivity index (χ1n) is 8.34. The van der Waals surface area contributed by atoms with Crippen molar-refractivity contribution in [3.05, 3.63) is 34.9 Å². The summed E-state index contributed by atoms with van der Waals surface area (Å²) >= 11 is 0. The van der Waals surface area contributed by atoms with Gasteiger partial charge in [0.05, 0.1) is 17.2 Å². The number of amides is 1. The molecule has 0 saturated carbocycles. The van der Waals surface area contributed by atoms with Crippen molar-refractivity contribution >= 4 is 22.5 Å². The summed E-state index contributed by atoms with van der Waals surface area (Å²) in [6.45, 7) is 9.25. The largest absolute Gasteiger partial charge is 0.368 e. The molecule has 1 N–H and O–H groups in total. The molecular weight excluding hydrogens is 304 g/mol. The number of carbonyl (C=O) groups excluding carboxylic acids is 1. The van der Waals surface area contributed by atoms with Gasteiger partial charge in [0.15, 0.2) is 0 Å². The fraction of sp³-hybridized carbons (Fsp3) is 0.500. The van der Waals surface area contributed by atoms with Crippen molar-refractivity contribution in [3.8, 4) is 0 Å². The summed E-state index contributed by atoms with van der Waals surface area (Å²) in [6, 6.07) is 5.74. The molecule has 1 fully saturated rings. The molecule has 0 atom stereocenters. The van der Waals surface area contributed by atoms with Gasteiger partial charge in [-0.3, -0.25) is 9.59 Å². The van der Waals surface area contributed by atoms with E-state index in [0.717, 1.165) is 31.9 Å². The van der Waals surface area contributed by atoms with Crippen LogP contribution in [0.2, 0.25) is 0 Å². The number of carbonyl (C=O) groups is 1. The first-order valence-corrected chi connectivity index (χ1v) is 8.34. The van der Waals surface area contributed by atoms with Crippen LogP contribution in [0.25, 0.3) is 10.9 Å². The lowest BCUT2D eigenvalue weighted by Gasteiger charge is -2.37. The van der Waals surface area contributed by atoms with Crippen LogP contribution in [-0.4, -0.2) is 47.0 Å². The van der Waals surface area contributed by atoms with Crippen molar-refractivity contribution in [2.24, 2.45) is 5.41 Å². The number of hydrogen-bond acceptors (Lipinski definition) is 4. The van der Waals surface area contributed by atoms with Gasteiger partial charge in [-0.05, 0) is 23.6 Å². The standard InChI is InChI=1S/C18H24N4O2/c1-18(2,3)11-16(23)22-8-6-21(7-9-22)13-4-5-15-14(10-13)17(24)20-12-19-15/h4-5,10,12H,6-9,11H2,1-3H3,(H,19,20,24). The van der Waals surface area contributed by atoms with Crippen LogP contribution in [0.4, 0.5) is 5.69 Å². The molecule has 1 saturated heterocycles. The van der Waals surface area contributed by atoms with E-state index in [4.69, 9.17) is 0 Å². The van der Waals surface area contributed by atoms with Crippen molar-refractivity contribution < 1.29 is 4.79 Å². The Kier molecular flexibility index (Phi) is 4.30. The number of aromatic amines is 1. The van der Waals surface area contributed by atoms with Gasteiger partial charge in [-0.2, -0.15) is 0 Å². The number of piperazine rings is 1. The van der Waals surface area contributed by atoms with Crippen LogP contribution >= 0.6 is 0 Å². The number of fused-ring (bicyclic) bond motifs is 1. The van der Waals surface area contributed by atoms with Gasteiger partial charge in [-0.1, -0.05) is 20.8 Å². The zero-order valence-corrected chi connectivity index (χ0v) is 14.5. The summed E-state index contributed by atoms with van der Waals surface area (Å²) in [5.41, 5.74) is 1.59. The van der Waals surface area contributed by atoms with E-state index in [1.807, 2.05) is 23.1 Å². The first kappa shape index (κ1) is 16.5. The minimum Gasteiger partial charge on any atom is -0.368 e. The Morgan fingerprint density at radius 2 is 1.92 bits per heavy atom. The van der Waals surface area contributed by atoms with Crippen LogP contribution in [-0.2, 0) is 4.79 Å². The van der Waals surface area contributed by atoms with Crippen LogP contribution in [0, 0.1) is 5.41 Å². The molecule has 6 nitrogen and oxygen atoms in total. The van der Waals surface area contributed by atoms with E-state index in [0.29, 0.717) is 17.3 Å². The minimum absolute atomic E-state index is 0.0145. The Labute approximate surface area is 141 Å². The normalized spacial score (nSPS) is 15.8. The quantitative estimate of drug-likeness (QED) is 0.915. The average molecular weight is 328 g/mol. The van der Waals surface area contributed by atoms with Gasteiger partial charge in [-0.25, -0.2) is 4.98 Å². The van der Waals surface area contributed by atoms with Crippen molar-refractivity contribution in [2.45, 2.75) is 27.2 Å². The lowest BCUT2D eigenvalue weighted by atomic mass is 9.91. The lowest BCUT2D eigenvalue weighted by molar-refractivity contribution is -0.133. The van der Waals surface area contributed by atoms with Crippen LogP contribution in [0.3, 0.4) is 0 Å². The van der Waals surface area contributed by atoms with Crippen LogP contribution in [0.1, 0.15) is 27.2 Å². The SMILES string of the molecule is CC(C)(C)CC(=O)N1CCN(c2ccc3nc[nH]c(=O)c3c2)CC1. The van der Waals surface area contributed by atoms with Crippen LogP contribution in [0.5, 0.6) is 0 Å². The monoisotopic (exact) mass is 328 g/mol. The molecule has 0 spiro atoms. The van der Waals surface area contributed by atoms with Crippen molar-refractivity contribution in [1.82, 2.24) is 14.9 Å². The lowest BCUT2D eigenvalue weighted by Crippen LogP contribution is -2.49. The summed E-state index contributed by atoms with van der Waals surface area (Å²) in [4.78, 5) is 35.2. The topological polar surface area (TPSA) is 69.3 Å². The smallest absolute Gasteiger partial charge is 0.258 e. The summed E-state index contributed by atoms with van der Waals surface area (Å²) < 4.78 is 0. The maximum absolute atomic E-state index is 12.3. The second kappa shape index (κ2) is 6.26. The molecule has 24 heavy (non-hydrogen) atoms. The van der Waals surface area contributed by atoms with Gasteiger partial charge < -0.3 is 14.8 Å². The molecule has 6 heteroatoms. The summed E-state index contributed by atoms with van der Waals surface area (Å²) in [5.74, 6) is 0.223. The predicted molar refractivity (Wildman–Crippen MR) is 95.2 cm³/mol. The summed E-state index contributed by atoms with van der Waals surface area (Å²) in [6.07, 6.45) is 1.99. The highest BCUT2D eigenvalue weighted by Crippen LogP contribution is 2.23. The second-order valence-corrected chi connectivity index (χ2v) is 7.54. The van der Waals surface area contributed by atoms with Crippen molar-refractivity contribution in [2.75, 3.05) is 31.1 Å². The number of H-pyrrole nitrogens is 1. The Morgan fingerprint density at radius 1 is 1.21 bits per heavy atom. The van der Waals surface area contributed by atoms with Crippen LogP contribution in [0.15, 0.2) is 29.3 Å². The third kappa shape index (κ3) is 3.58. The van der Waals surface area contributed by atoms with E-state index in [-0.39, 0.29) is 16.9 Å². The molecule has 1 aliphatic rings. The van der Waals surface area contributed by atoms with E-state index < -0.39 is 0 Å². The Hall–Kier alpha value is -2.37. The number of anilines is 1. The molecular formula is C18H24N4O2. The summed E-state index contributed by atoms with van der Waals surface area (Å²) in [7, 11) is 0. The van der Waals surface area contributed by atoms with Gasteiger partial charge in [0.25, 0.3) is 5.56 Å². The van der Waals surface area contributed by atoms with Crippen molar-refractivity contribution in [3.63, 3.8) is 0 Å². The zero-order chi connectivity index (χ0) is 17.3. The molecule has 1 amide bonds. The molecule has 0 bridgehead atoms. The number of benzene rings is 1. The number of hydrogen-bond donors (Lipinski definition) is 1. The van der Waals surface area contributed by atoms with E-state index >= 15 is 0 Å².